The molecule has 6 heteroatoms. The quantitative estimate of drug-likeness (QED) is 0.894. The van der Waals surface area contributed by atoms with E-state index in [0.717, 1.165) is 11.1 Å². The third-order valence-electron chi connectivity index (χ3n) is 3.87. The van der Waals surface area contributed by atoms with E-state index < -0.39 is 0 Å². The van der Waals surface area contributed by atoms with Crippen LogP contribution >= 0.6 is 0 Å². The fraction of sp³-hybridized carbons (Fsp3) is 0.176. The molecule has 4 rings (SSSR count). The lowest BCUT2D eigenvalue weighted by Crippen LogP contribution is -2.19. The highest BCUT2D eigenvalue weighted by Crippen LogP contribution is 2.34. The molecule has 0 spiro atoms. The van der Waals surface area contributed by atoms with Gasteiger partial charge in [-0.05, 0) is 35.4 Å². The number of carbonyl (C=O) groups excluding carboxylic acids is 2. The monoisotopic (exact) mass is 310 g/mol. The van der Waals surface area contributed by atoms with Crippen molar-refractivity contribution >= 4 is 23.2 Å². The summed E-state index contributed by atoms with van der Waals surface area (Å²) < 4.78 is 10.5. The summed E-state index contributed by atoms with van der Waals surface area (Å²) in [5.41, 5.74) is 3.30. The molecule has 1 heterocycles. The Kier molecular flexibility index (Phi) is 3.15. The van der Waals surface area contributed by atoms with E-state index in [4.69, 9.17) is 9.47 Å². The summed E-state index contributed by atoms with van der Waals surface area (Å²) in [7, 11) is 0. The number of urea groups is 1. The Labute approximate surface area is 132 Å². The van der Waals surface area contributed by atoms with Gasteiger partial charge in [0.25, 0.3) is 0 Å². The van der Waals surface area contributed by atoms with Gasteiger partial charge in [-0.1, -0.05) is 6.07 Å². The van der Waals surface area contributed by atoms with Crippen LogP contribution in [0.2, 0.25) is 0 Å². The van der Waals surface area contributed by atoms with Crippen LogP contribution in [0.5, 0.6) is 11.5 Å². The summed E-state index contributed by atoms with van der Waals surface area (Å²) in [6.07, 6.45) is 0.924. The predicted molar refractivity (Wildman–Crippen MR) is 84.1 cm³/mol. The number of nitrogens with one attached hydrogen (secondary N) is 2. The summed E-state index contributed by atoms with van der Waals surface area (Å²) >= 11 is 0. The van der Waals surface area contributed by atoms with Gasteiger partial charge in [0.1, 0.15) is 5.78 Å². The van der Waals surface area contributed by atoms with Gasteiger partial charge in [0.15, 0.2) is 11.5 Å². The number of Topliss-reactive ketones (excluding diaryl/α,β-unsaturated/α-hetero) is 1. The number of hydrogen-bond donors (Lipinski definition) is 2. The van der Waals surface area contributed by atoms with E-state index in [1.165, 1.54) is 0 Å². The normalized spacial score (nSPS) is 14.5. The maximum Gasteiger partial charge on any atom is 0.323 e. The SMILES string of the molecule is O=C1Cc2ccc(NC(=O)Nc3ccc4c(c3)OCO4)cc2C1. The standard InChI is InChI=1S/C17H14N2O4/c20-14-6-10-1-2-12(5-11(10)7-14)18-17(21)19-13-3-4-15-16(8-13)23-9-22-15/h1-5,8H,6-7,9H2,(H2,18,19,21). The molecule has 0 atom stereocenters. The number of benzene rings is 2. The van der Waals surface area contributed by atoms with E-state index >= 15 is 0 Å². The highest BCUT2D eigenvalue weighted by atomic mass is 16.7. The van der Waals surface area contributed by atoms with Crippen molar-refractivity contribution < 1.29 is 19.1 Å². The van der Waals surface area contributed by atoms with Crippen LogP contribution in [0, 0.1) is 0 Å². The third kappa shape index (κ3) is 2.70. The maximum atomic E-state index is 12.1. The number of hydrogen-bond acceptors (Lipinski definition) is 4. The lowest BCUT2D eigenvalue weighted by atomic mass is 10.1. The van der Waals surface area contributed by atoms with Gasteiger partial charge < -0.3 is 20.1 Å². The number of rotatable bonds is 2. The lowest BCUT2D eigenvalue weighted by molar-refractivity contribution is -0.117. The zero-order valence-corrected chi connectivity index (χ0v) is 12.2. The smallest absolute Gasteiger partial charge is 0.323 e. The molecule has 0 radical (unpaired) electrons. The van der Waals surface area contributed by atoms with Gasteiger partial charge in [-0.3, -0.25) is 4.79 Å². The minimum Gasteiger partial charge on any atom is -0.454 e. The first-order valence-corrected chi connectivity index (χ1v) is 7.28. The average Bonchev–Trinajstić information content (AvgIpc) is 3.11. The van der Waals surface area contributed by atoms with E-state index in [1.807, 2.05) is 12.1 Å². The van der Waals surface area contributed by atoms with Crippen LogP contribution in [0.1, 0.15) is 11.1 Å². The molecule has 2 aliphatic rings. The third-order valence-corrected chi connectivity index (χ3v) is 3.87. The first-order chi connectivity index (χ1) is 11.2. The second kappa shape index (κ2) is 5.31. The first kappa shape index (κ1) is 13.6. The molecule has 0 unspecified atom stereocenters. The van der Waals surface area contributed by atoms with Crippen molar-refractivity contribution in [1.82, 2.24) is 0 Å². The van der Waals surface area contributed by atoms with Crippen molar-refractivity contribution in [2.75, 3.05) is 17.4 Å². The molecule has 0 bridgehead atoms. The second-order valence-electron chi connectivity index (χ2n) is 5.52. The van der Waals surface area contributed by atoms with Gasteiger partial charge in [-0.25, -0.2) is 4.79 Å². The van der Waals surface area contributed by atoms with E-state index in [0.29, 0.717) is 35.7 Å². The molecule has 2 aromatic rings. The Morgan fingerprint density at radius 1 is 0.870 bits per heavy atom. The van der Waals surface area contributed by atoms with Crippen molar-refractivity contribution in [2.24, 2.45) is 0 Å². The van der Waals surface area contributed by atoms with Crippen LogP contribution in [0.15, 0.2) is 36.4 Å². The summed E-state index contributed by atoms with van der Waals surface area (Å²) in [6, 6.07) is 10.4. The number of ether oxygens (including phenoxy) is 2. The number of carbonyl (C=O) groups is 2. The van der Waals surface area contributed by atoms with Crippen LogP contribution in [0.3, 0.4) is 0 Å². The maximum absolute atomic E-state index is 12.1. The van der Waals surface area contributed by atoms with Crippen LogP contribution in [-0.2, 0) is 17.6 Å². The van der Waals surface area contributed by atoms with Gasteiger partial charge in [0.05, 0.1) is 0 Å². The van der Waals surface area contributed by atoms with Crippen molar-refractivity contribution in [2.45, 2.75) is 12.8 Å². The fourth-order valence-corrected chi connectivity index (χ4v) is 2.80. The highest BCUT2D eigenvalue weighted by molar-refractivity contribution is 6.00. The van der Waals surface area contributed by atoms with Crippen molar-refractivity contribution in [3.8, 4) is 11.5 Å². The Balaban J connectivity index is 1.44. The van der Waals surface area contributed by atoms with E-state index in [9.17, 15) is 9.59 Å². The Morgan fingerprint density at radius 2 is 1.57 bits per heavy atom. The zero-order valence-electron chi connectivity index (χ0n) is 12.2. The van der Waals surface area contributed by atoms with Crippen LogP contribution in [0.25, 0.3) is 0 Å². The molecule has 6 nitrogen and oxygen atoms in total. The molecular formula is C17H14N2O4. The second-order valence-corrected chi connectivity index (χ2v) is 5.52. The average molecular weight is 310 g/mol. The molecular weight excluding hydrogens is 296 g/mol. The molecule has 2 aromatic carbocycles. The molecule has 23 heavy (non-hydrogen) atoms. The fourth-order valence-electron chi connectivity index (χ4n) is 2.80. The molecule has 0 saturated heterocycles. The Hall–Kier alpha value is -3.02. The summed E-state index contributed by atoms with van der Waals surface area (Å²) in [4.78, 5) is 23.5. The van der Waals surface area contributed by atoms with Crippen LogP contribution < -0.4 is 20.1 Å². The van der Waals surface area contributed by atoms with Crippen molar-refractivity contribution in [3.63, 3.8) is 0 Å². The van der Waals surface area contributed by atoms with Crippen molar-refractivity contribution in [1.29, 1.82) is 0 Å². The number of amides is 2. The Bertz CT molecular complexity index is 816. The molecule has 0 aromatic heterocycles. The van der Waals surface area contributed by atoms with Crippen LogP contribution in [0.4, 0.5) is 16.2 Å². The predicted octanol–water partition coefficient (Wildman–Crippen LogP) is 2.73. The minimum atomic E-state index is -0.354. The lowest BCUT2D eigenvalue weighted by Gasteiger charge is -2.09. The highest BCUT2D eigenvalue weighted by Gasteiger charge is 2.19. The topological polar surface area (TPSA) is 76.7 Å². The minimum absolute atomic E-state index is 0.193. The molecule has 2 amide bonds. The molecule has 2 N–H and O–H groups in total. The van der Waals surface area contributed by atoms with Gasteiger partial charge >= 0.3 is 6.03 Å². The van der Waals surface area contributed by atoms with E-state index in [-0.39, 0.29) is 18.6 Å². The zero-order chi connectivity index (χ0) is 15.8. The molecule has 0 fully saturated rings. The van der Waals surface area contributed by atoms with Crippen LogP contribution in [-0.4, -0.2) is 18.6 Å². The van der Waals surface area contributed by atoms with E-state index in [2.05, 4.69) is 10.6 Å². The van der Waals surface area contributed by atoms with E-state index in [1.54, 1.807) is 24.3 Å². The molecule has 1 aliphatic heterocycles. The first-order valence-electron chi connectivity index (χ1n) is 7.28. The number of ketones is 1. The Morgan fingerprint density at radius 3 is 2.43 bits per heavy atom. The number of fused-ring (bicyclic) bond motifs is 2. The summed E-state index contributed by atoms with van der Waals surface area (Å²) in [6.45, 7) is 0.193. The largest absolute Gasteiger partial charge is 0.454 e. The molecule has 1 aliphatic carbocycles. The van der Waals surface area contributed by atoms with Gasteiger partial charge in [-0.2, -0.15) is 0 Å². The number of anilines is 2. The van der Waals surface area contributed by atoms with Gasteiger partial charge in [0.2, 0.25) is 6.79 Å². The summed E-state index contributed by atoms with van der Waals surface area (Å²) in [5.74, 6) is 1.49. The summed E-state index contributed by atoms with van der Waals surface area (Å²) in [5, 5.41) is 5.51. The van der Waals surface area contributed by atoms with Gasteiger partial charge in [-0.15, -0.1) is 0 Å². The molecule has 0 saturated carbocycles. The molecule has 116 valence electrons. The van der Waals surface area contributed by atoms with Crippen molar-refractivity contribution in [3.05, 3.63) is 47.5 Å². The van der Waals surface area contributed by atoms with Gasteiger partial charge in [0, 0.05) is 30.3 Å².